The van der Waals surface area contributed by atoms with Crippen LogP contribution < -0.4 is 5.32 Å². The van der Waals surface area contributed by atoms with Crippen molar-refractivity contribution >= 4 is 11.4 Å². The summed E-state index contributed by atoms with van der Waals surface area (Å²) in [6.45, 7) is 1.97. The fourth-order valence-corrected chi connectivity index (χ4v) is 1.94. The van der Waals surface area contributed by atoms with Crippen LogP contribution >= 0.6 is 0 Å². The van der Waals surface area contributed by atoms with Crippen LogP contribution in [0.25, 0.3) is 0 Å². The summed E-state index contributed by atoms with van der Waals surface area (Å²) in [4.78, 5) is 10.4. The zero-order valence-corrected chi connectivity index (χ0v) is 10.9. The van der Waals surface area contributed by atoms with E-state index in [0.717, 1.165) is 5.56 Å². The van der Waals surface area contributed by atoms with Gasteiger partial charge in [0.1, 0.15) is 11.6 Å². The van der Waals surface area contributed by atoms with Crippen molar-refractivity contribution in [1.82, 2.24) is 0 Å². The molecule has 0 aliphatic heterocycles. The van der Waals surface area contributed by atoms with Gasteiger partial charge in [0.25, 0.3) is 5.69 Å². The molecule has 0 bridgehead atoms. The minimum Gasteiger partial charge on any atom is -0.378 e. The predicted octanol–water partition coefficient (Wildman–Crippen LogP) is 3.64. The van der Waals surface area contributed by atoms with E-state index in [9.17, 15) is 10.1 Å². The van der Waals surface area contributed by atoms with Crippen molar-refractivity contribution < 1.29 is 4.92 Å². The Kier molecular flexibility index (Phi) is 3.96. The standard InChI is InChI=1S/C15H13N3O2/c1-11(12-5-3-2-4-6-12)17-14-8-7-13(10-16)15(9-14)18(19)20/h2-9,11,17H,1H3. The maximum Gasteiger partial charge on any atom is 0.289 e. The number of benzene rings is 2. The maximum absolute atomic E-state index is 10.9. The summed E-state index contributed by atoms with van der Waals surface area (Å²) in [5.74, 6) is 0. The van der Waals surface area contributed by atoms with Crippen molar-refractivity contribution in [3.63, 3.8) is 0 Å². The Morgan fingerprint density at radius 1 is 1.25 bits per heavy atom. The number of nitrogens with one attached hydrogen (secondary N) is 1. The summed E-state index contributed by atoms with van der Waals surface area (Å²) in [5, 5.41) is 22.9. The highest BCUT2D eigenvalue weighted by Crippen LogP contribution is 2.25. The van der Waals surface area contributed by atoms with E-state index in [4.69, 9.17) is 5.26 Å². The van der Waals surface area contributed by atoms with E-state index >= 15 is 0 Å². The molecule has 0 saturated carbocycles. The van der Waals surface area contributed by atoms with E-state index in [1.807, 2.05) is 43.3 Å². The molecule has 20 heavy (non-hydrogen) atoms. The van der Waals surface area contributed by atoms with Crippen LogP contribution in [0.2, 0.25) is 0 Å². The quantitative estimate of drug-likeness (QED) is 0.677. The number of hydrogen-bond acceptors (Lipinski definition) is 4. The fourth-order valence-electron chi connectivity index (χ4n) is 1.94. The molecule has 0 radical (unpaired) electrons. The van der Waals surface area contributed by atoms with Gasteiger partial charge in [0.05, 0.1) is 4.92 Å². The van der Waals surface area contributed by atoms with E-state index < -0.39 is 4.92 Å². The third-order valence-electron chi connectivity index (χ3n) is 3.00. The number of nitriles is 1. The monoisotopic (exact) mass is 267 g/mol. The normalized spacial score (nSPS) is 11.4. The number of anilines is 1. The lowest BCUT2D eigenvalue weighted by Crippen LogP contribution is -2.06. The molecule has 0 saturated heterocycles. The van der Waals surface area contributed by atoms with Crippen LogP contribution in [0.15, 0.2) is 48.5 Å². The molecule has 5 heteroatoms. The Balaban J connectivity index is 2.25. The molecule has 0 fully saturated rings. The smallest absolute Gasteiger partial charge is 0.289 e. The van der Waals surface area contributed by atoms with Gasteiger partial charge in [-0.15, -0.1) is 0 Å². The van der Waals surface area contributed by atoms with Crippen molar-refractivity contribution in [2.75, 3.05) is 5.32 Å². The number of hydrogen-bond donors (Lipinski definition) is 1. The van der Waals surface area contributed by atoms with Crippen LogP contribution in [0.1, 0.15) is 24.1 Å². The minimum absolute atomic E-state index is 0.0174. The molecule has 0 aliphatic carbocycles. The Bertz CT molecular complexity index is 663. The molecule has 100 valence electrons. The molecule has 0 aliphatic rings. The van der Waals surface area contributed by atoms with Gasteiger partial charge in [-0.1, -0.05) is 30.3 Å². The fraction of sp³-hybridized carbons (Fsp3) is 0.133. The lowest BCUT2D eigenvalue weighted by Gasteiger charge is -2.15. The number of nitrogens with zero attached hydrogens (tertiary/aromatic N) is 2. The van der Waals surface area contributed by atoms with E-state index in [1.54, 1.807) is 6.07 Å². The maximum atomic E-state index is 10.9. The van der Waals surface area contributed by atoms with Crippen LogP contribution in [0.4, 0.5) is 11.4 Å². The Labute approximate surface area is 116 Å². The second-order valence-electron chi connectivity index (χ2n) is 4.38. The SMILES string of the molecule is CC(Nc1ccc(C#N)c([N+](=O)[O-])c1)c1ccccc1. The van der Waals surface area contributed by atoms with Gasteiger partial charge in [0.2, 0.25) is 0 Å². The van der Waals surface area contributed by atoms with Crippen LogP contribution in [0, 0.1) is 21.4 Å². The van der Waals surface area contributed by atoms with Gasteiger partial charge in [0.15, 0.2) is 0 Å². The highest BCUT2D eigenvalue weighted by molar-refractivity contribution is 5.59. The largest absolute Gasteiger partial charge is 0.378 e. The summed E-state index contributed by atoms with van der Waals surface area (Å²) < 4.78 is 0. The van der Waals surface area contributed by atoms with Gasteiger partial charge in [-0.25, -0.2) is 0 Å². The van der Waals surface area contributed by atoms with E-state index in [0.29, 0.717) is 5.69 Å². The van der Waals surface area contributed by atoms with Crippen LogP contribution in [-0.4, -0.2) is 4.92 Å². The Hall–Kier alpha value is -2.87. The average Bonchev–Trinajstić information content (AvgIpc) is 2.48. The molecule has 5 nitrogen and oxygen atoms in total. The lowest BCUT2D eigenvalue weighted by molar-refractivity contribution is -0.385. The van der Waals surface area contributed by atoms with Gasteiger partial charge >= 0.3 is 0 Å². The molecule has 1 unspecified atom stereocenters. The first-order chi connectivity index (χ1) is 9.61. The van der Waals surface area contributed by atoms with Crippen molar-refractivity contribution in [1.29, 1.82) is 5.26 Å². The summed E-state index contributed by atoms with van der Waals surface area (Å²) in [6, 6.07) is 16.1. The second kappa shape index (κ2) is 5.85. The highest BCUT2D eigenvalue weighted by Gasteiger charge is 2.15. The zero-order chi connectivity index (χ0) is 14.5. The van der Waals surface area contributed by atoms with Gasteiger partial charge in [0, 0.05) is 17.8 Å². The summed E-state index contributed by atoms with van der Waals surface area (Å²) in [7, 11) is 0. The number of rotatable bonds is 4. The predicted molar refractivity (Wildman–Crippen MR) is 76.3 cm³/mol. The summed E-state index contributed by atoms with van der Waals surface area (Å²) in [5.41, 5.74) is 1.58. The first kappa shape index (κ1) is 13.6. The molecule has 2 aromatic rings. The van der Waals surface area contributed by atoms with E-state index in [2.05, 4.69) is 5.32 Å². The number of nitro benzene ring substituents is 1. The minimum atomic E-state index is -0.545. The molecule has 1 atom stereocenters. The first-order valence-corrected chi connectivity index (χ1v) is 6.12. The van der Waals surface area contributed by atoms with Gasteiger partial charge in [-0.05, 0) is 24.6 Å². The average molecular weight is 267 g/mol. The second-order valence-corrected chi connectivity index (χ2v) is 4.38. The van der Waals surface area contributed by atoms with Gasteiger partial charge < -0.3 is 5.32 Å². The molecular formula is C15H13N3O2. The van der Waals surface area contributed by atoms with Crippen LogP contribution in [0.3, 0.4) is 0 Å². The molecular weight excluding hydrogens is 254 g/mol. The third kappa shape index (κ3) is 2.93. The molecule has 0 amide bonds. The lowest BCUT2D eigenvalue weighted by atomic mass is 10.1. The third-order valence-corrected chi connectivity index (χ3v) is 3.00. The van der Waals surface area contributed by atoms with Gasteiger partial charge in [-0.2, -0.15) is 5.26 Å². The van der Waals surface area contributed by atoms with Crippen LogP contribution in [0.5, 0.6) is 0 Å². The van der Waals surface area contributed by atoms with E-state index in [1.165, 1.54) is 12.1 Å². The molecule has 2 rings (SSSR count). The number of nitro groups is 1. The topological polar surface area (TPSA) is 79.0 Å². The highest BCUT2D eigenvalue weighted by atomic mass is 16.6. The Morgan fingerprint density at radius 3 is 2.55 bits per heavy atom. The van der Waals surface area contributed by atoms with Crippen molar-refractivity contribution in [2.45, 2.75) is 13.0 Å². The summed E-state index contributed by atoms with van der Waals surface area (Å²) in [6.07, 6.45) is 0. The van der Waals surface area contributed by atoms with E-state index in [-0.39, 0.29) is 17.3 Å². The zero-order valence-electron chi connectivity index (χ0n) is 10.9. The first-order valence-electron chi connectivity index (χ1n) is 6.12. The summed E-state index contributed by atoms with van der Waals surface area (Å²) >= 11 is 0. The van der Waals surface area contributed by atoms with Crippen molar-refractivity contribution in [3.05, 3.63) is 69.8 Å². The van der Waals surface area contributed by atoms with Crippen molar-refractivity contribution in [3.8, 4) is 6.07 Å². The molecule has 0 spiro atoms. The van der Waals surface area contributed by atoms with Crippen molar-refractivity contribution in [2.24, 2.45) is 0 Å². The molecule has 0 heterocycles. The molecule has 1 N–H and O–H groups in total. The Morgan fingerprint density at radius 2 is 1.95 bits per heavy atom. The van der Waals surface area contributed by atoms with Gasteiger partial charge in [-0.3, -0.25) is 10.1 Å². The van der Waals surface area contributed by atoms with Crippen LogP contribution in [-0.2, 0) is 0 Å². The molecule has 0 aromatic heterocycles. The molecule has 2 aromatic carbocycles.